The maximum atomic E-state index is 11.2. The van der Waals surface area contributed by atoms with E-state index in [0.717, 1.165) is 40.8 Å². The average molecular weight is 533 g/mol. The summed E-state index contributed by atoms with van der Waals surface area (Å²) in [6, 6.07) is 23.8. The van der Waals surface area contributed by atoms with Gasteiger partial charge in [-0.25, -0.2) is 4.98 Å². The van der Waals surface area contributed by atoms with E-state index in [2.05, 4.69) is 23.5 Å². The van der Waals surface area contributed by atoms with Crippen LogP contribution in [0.2, 0.25) is 0 Å². The Labute approximate surface area is 227 Å². The fourth-order valence-corrected chi connectivity index (χ4v) is 5.03. The van der Waals surface area contributed by atoms with Crippen molar-refractivity contribution >= 4 is 17.0 Å². The SMILES string of the molecule is CC1(O)[C@H](O)[C@@H](CO)O[C@H]1n1c(NCc2ccc(-c3ccccc3)c(OCCCCN)c2)nc2ccccc21. The number of unbranched alkanes of at least 4 members (excludes halogenated alkanes) is 1. The number of nitrogens with one attached hydrogen (secondary N) is 1. The van der Waals surface area contributed by atoms with Gasteiger partial charge in [0.05, 0.1) is 24.2 Å². The summed E-state index contributed by atoms with van der Waals surface area (Å²) >= 11 is 0. The van der Waals surface area contributed by atoms with Crippen molar-refractivity contribution in [1.29, 1.82) is 0 Å². The van der Waals surface area contributed by atoms with Gasteiger partial charge in [-0.3, -0.25) is 4.57 Å². The molecule has 1 saturated heterocycles. The zero-order chi connectivity index (χ0) is 27.4. The first-order valence-corrected chi connectivity index (χ1v) is 13.3. The second kappa shape index (κ2) is 11.7. The summed E-state index contributed by atoms with van der Waals surface area (Å²) in [6.07, 6.45) is -1.35. The van der Waals surface area contributed by atoms with E-state index in [1.807, 2.05) is 54.6 Å². The van der Waals surface area contributed by atoms with Crippen molar-refractivity contribution in [2.45, 2.75) is 50.3 Å². The highest BCUT2D eigenvalue weighted by atomic mass is 16.6. The van der Waals surface area contributed by atoms with E-state index in [1.54, 1.807) is 4.57 Å². The van der Waals surface area contributed by atoms with Crippen molar-refractivity contribution in [2.75, 3.05) is 25.1 Å². The van der Waals surface area contributed by atoms with Crippen LogP contribution in [0.5, 0.6) is 5.75 Å². The number of ether oxygens (including phenoxy) is 2. The Bertz CT molecular complexity index is 1390. The van der Waals surface area contributed by atoms with Gasteiger partial charge in [0.15, 0.2) is 6.23 Å². The van der Waals surface area contributed by atoms with E-state index in [9.17, 15) is 15.3 Å². The zero-order valence-electron chi connectivity index (χ0n) is 22.0. The van der Waals surface area contributed by atoms with E-state index < -0.39 is 30.6 Å². The molecule has 2 heterocycles. The lowest BCUT2D eigenvalue weighted by molar-refractivity contribution is -0.0939. The molecule has 9 nitrogen and oxygen atoms in total. The summed E-state index contributed by atoms with van der Waals surface area (Å²) in [5.74, 6) is 1.27. The minimum absolute atomic E-state index is 0.412. The van der Waals surface area contributed by atoms with Gasteiger partial charge >= 0.3 is 0 Å². The van der Waals surface area contributed by atoms with Crippen LogP contribution in [0.15, 0.2) is 72.8 Å². The molecule has 9 heteroatoms. The van der Waals surface area contributed by atoms with Crippen molar-refractivity contribution < 1.29 is 24.8 Å². The van der Waals surface area contributed by atoms with Gasteiger partial charge in [-0.15, -0.1) is 0 Å². The molecule has 4 aromatic rings. The van der Waals surface area contributed by atoms with Crippen LogP contribution >= 0.6 is 0 Å². The number of rotatable bonds is 11. The minimum atomic E-state index is -1.64. The van der Waals surface area contributed by atoms with Crippen molar-refractivity contribution in [2.24, 2.45) is 5.73 Å². The fourth-order valence-electron chi connectivity index (χ4n) is 5.03. The quantitative estimate of drug-likeness (QED) is 0.186. The van der Waals surface area contributed by atoms with E-state index in [-0.39, 0.29) is 0 Å². The van der Waals surface area contributed by atoms with Crippen molar-refractivity contribution in [1.82, 2.24) is 9.55 Å². The molecule has 0 bridgehead atoms. The second-order valence-corrected chi connectivity index (χ2v) is 10.1. The van der Waals surface area contributed by atoms with Gasteiger partial charge in [0.1, 0.15) is 23.6 Å². The van der Waals surface area contributed by atoms with Crippen molar-refractivity contribution in [3.8, 4) is 16.9 Å². The third kappa shape index (κ3) is 5.50. The van der Waals surface area contributed by atoms with Crippen LogP contribution in [-0.2, 0) is 11.3 Å². The molecule has 0 amide bonds. The number of hydrogen-bond acceptors (Lipinski definition) is 8. The Morgan fingerprint density at radius 2 is 1.85 bits per heavy atom. The average Bonchev–Trinajstić information content (AvgIpc) is 3.43. The molecule has 0 radical (unpaired) electrons. The van der Waals surface area contributed by atoms with Crippen LogP contribution in [-0.4, -0.2) is 62.4 Å². The maximum absolute atomic E-state index is 11.2. The van der Waals surface area contributed by atoms with E-state index in [0.29, 0.717) is 31.2 Å². The lowest BCUT2D eigenvalue weighted by atomic mass is 9.96. The lowest BCUT2D eigenvalue weighted by Gasteiger charge is -2.29. The number of aliphatic hydroxyl groups is 3. The molecule has 1 aromatic heterocycles. The molecule has 0 spiro atoms. The highest BCUT2D eigenvalue weighted by Gasteiger charge is 2.53. The standard InChI is InChI=1S/C30H36N4O5/c1-30(37)27(36)26(19-35)39-28(30)34-24-12-6-5-11-23(24)33-29(34)32-18-20-13-14-22(21-9-3-2-4-10-21)25(17-20)38-16-8-7-15-31/h2-6,9-14,17,26-28,35-37H,7-8,15-16,18-19,31H2,1H3,(H,32,33)/t26-,27-,28-,30?/m1/s1. The molecule has 1 unspecified atom stereocenters. The molecule has 3 aromatic carbocycles. The Morgan fingerprint density at radius 3 is 2.59 bits per heavy atom. The summed E-state index contributed by atoms with van der Waals surface area (Å²) in [4.78, 5) is 4.74. The molecular weight excluding hydrogens is 496 g/mol. The highest BCUT2D eigenvalue weighted by molar-refractivity contribution is 5.79. The smallest absolute Gasteiger partial charge is 0.206 e. The van der Waals surface area contributed by atoms with Crippen LogP contribution in [0.1, 0.15) is 31.6 Å². The summed E-state index contributed by atoms with van der Waals surface area (Å²) in [6.45, 7) is 2.73. The first kappa shape index (κ1) is 27.1. The Hall–Kier alpha value is -3.47. The normalized spacial score (nSPS) is 22.8. The van der Waals surface area contributed by atoms with Crippen LogP contribution in [0.4, 0.5) is 5.95 Å². The van der Waals surface area contributed by atoms with Crippen LogP contribution < -0.4 is 15.8 Å². The molecular formula is C30H36N4O5. The first-order chi connectivity index (χ1) is 18.9. The molecule has 206 valence electrons. The number of fused-ring (bicyclic) bond motifs is 1. The lowest BCUT2D eigenvalue weighted by Crippen LogP contribution is -2.44. The number of aromatic nitrogens is 2. The van der Waals surface area contributed by atoms with Gasteiger partial charge in [-0.05, 0) is 55.6 Å². The molecule has 39 heavy (non-hydrogen) atoms. The zero-order valence-corrected chi connectivity index (χ0v) is 22.0. The van der Waals surface area contributed by atoms with Gasteiger partial charge < -0.3 is 35.8 Å². The van der Waals surface area contributed by atoms with E-state index in [4.69, 9.17) is 20.2 Å². The number of nitrogens with two attached hydrogens (primary N) is 1. The predicted molar refractivity (Wildman–Crippen MR) is 150 cm³/mol. The van der Waals surface area contributed by atoms with Gasteiger partial charge in [-0.1, -0.05) is 54.6 Å². The summed E-state index contributed by atoms with van der Waals surface area (Å²) in [5, 5.41) is 34.9. The number of hydrogen-bond donors (Lipinski definition) is 5. The van der Waals surface area contributed by atoms with Gasteiger partial charge in [-0.2, -0.15) is 0 Å². The monoisotopic (exact) mass is 532 g/mol. The highest BCUT2D eigenvalue weighted by Crippen LogP contribution is 2.41. The molecule has 4 atom stereocenters. The number of aliphatic hydroxyl groups excluding tert-OH is 2. The molecule has 1 aliphatic rings. The van der Waals surface area contributed by atoms with Gasteiger partial charge in [0, 0.05) is 12.1 Å². The Morgan fingerprint density at radius 1 is 1.08 bits per heavy atom. The number of benzene rings is 3. The first-order valence-electron chi connectivity index (χ1n) is 13.3. The second-order valence-electron chi connectivity index (χ2n) is 10.1. The summed E-state index contributed by atoms with van der Waals surface area (Å²) in [7, 11) is 0. The minimum Gasteiger partial charge on any atom is -0.493 e. The predicted octanol–water partition coefficient (Wildman–Crippen LogP) is 3.43. The van der Waals surface area contributed by atoms with E-state index in [1.165, 1.54) is 6.92 Å². The Balaban J connectivity index is 1.44. The van der Waals surface area contributed by atoms with E-state index >= 15 is 0 Å². The number of nitrogens with zero attached hydrogens (tertiary/aromatic N) is 2. The maximum Gasteiger partial charge on any atom is 0.206 e. The molecule has 5 rings (SSSR count). The van der Waals surface area contributed by atoms with Gasteiger partial charge in [0.2, 0.25) is 5.95 Å². The van der Waals surface area contributed by atoms with Gasteiger partial charge in [0.25, 0.3) is 0 Å². The summed E-state index contributed by atoms with van der Waals surface area (Å²) in [5.41, 5.74) is 8.52. The van der Waals surface area contributed by atoms with Crippen LogP contribution in [0.25, 0.3) is 22.2 Å². The number of para-hydroxylation sites is 2. The molecule has 6 N–H and O–H groups in total. The molecule has 0 saturated carbocycles. The number of anilines is 1. The fraction of sp³-hybridized carbons (Fsp3) is 0.367. The van der Waals surface area contributed by atoms with Crippen LogP contribution in [0, 0.1) is 0 Å². The largest absolute Gasteiger partial charge is 0.493 e. The van der Waals surface area contributed by atoms with Crippen LogP contribution in [0.3, 0.4) is 0 Å². The number of imidazole rings is 1. The summed E-state index contributed by atoms with van der Waals surface area (Å²) < 4.78 is 13.9. The van der Waals surface area contributed by atoms with Crippen molar-refractivity contribution in [3.63, 3.8) is 0 Å². The Kier molecular flexibility index (Phi) is 8.15. The molecule has 0 aliphatic carbocycles. The molecule has 1 fully saturated rings. The third-order valence-corrected chi connectivity index (χ3v) is 7.20. The molecule has 1 aliphatic heterocycles. The topological polar surface area (TPSA) is 135 Å². The third-order valence-electron chi connectivity index (χ3n) is 7.20. The van der Waals surface area contributed by atoms with Crippen molar-refractivity contribution in [3.05, 3.63) is 78.4 Å².